The highest BCUT2D eigenvalue weighted by molar-refractivity contribution is 7.22. The average Bonchev–Trinajstić information content (AvgIpc) is 2.87. The predicted octanol–water partition coefficient (Wildman–Crippen LogP) is 3.72. The lowest BCUT2D eigenvalue weighted by atomic mass is 10.1. The van der Waals surface area contributed by atoms with Crippen molar-refractivity contribution in [2.24, 2.45) is 0 Å². The Morgan fingerprint density at radius 1 is 1.35 bits per heavy atom. The van der Waals surface area contributed by atoms with E-state index >= 15 is 0 Å². The third-order valence-electron chi connectivity index (χ3n) is 3.91. The summed E-state index contributed by atoms with van der Waals surface area (Å²) in [5.74, 6) is -0.226. The summed E-state index contributed by atoms with van der Waals surface area (Å²) >= 11 is 1.59. The van der Waals surface area contributed by atoms with Crippen LogP contribution in [0.5, 0.6) is 0 Å². The molecule has 0 spiro atoms. The van der Waals surface area contributed by atoms with Crippen molar-refractivity contribution in [1.82, 2.24) is 9.88 Å². The van der Waals surface area contributed by atoms with Crippen molar-refractivity contribution in [2.75, 3.05) is 25.0 Å². The number of rotatable bonds is 4. The molecule has 0 bridgehead atoms. The normalized spacial score (nSPS) is 18.3. The SMILES string of the molecule is CC(CNc1nc2cc(F)ccc2s1)N1CCCCC1. The number of piperidine rings is 1. The van der Waals surface area contributed by atoms with Crippen LogP contribution >= 0.6 is 11.3 Å². The number of hydrogen-bond acceptors (Lipinski definition) is 4. The molecule has 0 amide bonds. The van der Waals surface area contributed by atoms with Crippen LogP contribution in [-0.2, 0) is 0 Å². The molecule has 108 valence electrons. The fourth-order valence-electron chi connectivity index (χ4n) is 2.70. The smallest absolute Gasteiger partial charge is 0.183 e. The van der Waals surface area contributed by atoms with Gasteiger partial charge in [0.2, 0.25) is 0 Å². The van der Waals surface area contributed by atoms with E-state index in [-0.39, 0.29) is 5.82 Å². The van der Waals surface area contributed by atoms with Gasteiger partial charge in [-0.05, 0) is 45.0 Å². The number of nitrogens with one attached hydrogen (secondary N) is 1. The Kier molecular flexibility index (Phi) is 4.17. The molecule has 3 nitrogen and oxygen atoms in total. The maximum Gasteiger partial charge on any atom is 0.183 e. The van der Waals surface area contributed by atoms with E-state index in [1.54, 1.807) is 17.4 Å². The van der Waals surface area contributed by atoms with E-state index in [0.717, 1.165) is 21.9 Å². The molecule has 20 heavy (non-hydrogen) atoms. The number of likely N-dealkylation sites (tertiary alicyclic amines) is 1. The lowest BCUT2D eigenvalue weighted by Gasteiger charge is -2.32. The second-order valence-electron chi connectivity index (χ2n) is 5.46. The molecule has 5 heteroatoms. The molecule has 1 saturated heterocycles. The molecule has 3 rings (SSSR count). The molecule has 1 unspecified atom stereocenters. The Morgan fingerprint density at radius 3 is 2.95 bits per heavy atom. The van der Waals surface area contributed by atoms with Crippen LogP contribution in [0.4, 0.5) is 9.52 Å². The summed E-state index contributed by atoms with van der Waals surface area (Å²) in [7, 11) is 0. The van der Waals surface area contributed by atoms with E-state index in [9.17, 15) is 4.39 Å². The highest BCUT2D eigenvalue weighted by atomic mass is 32.1. The third-order valence-corrected chi connectivity index (χ3v) is 4.91. The number of aromatic nitrogens is 1. The summed E-state index contributed by atoms with van der Waals surface area (Å²) in [4.78, 5) is 6.97. The quantitative estimate of drug-likeness (QED) is 0.931. The molecule has 2 aromatic rings. The van der Waals surface area contributed by atoms with Gasteiger partial charge in [-0.15, -0.1) is 0 Å². The van der Waals surface area contributed by atoms with E-state index in [4.69, 9.17) is 0 Å². The van der Waals surface area contributed by atoms with Crippen LogP contribution in [0.3, 0.4) is 0 Å². The van der Waals surface area contributed by atoms with Crippen molar-refractivity contribution in [3.05, 3.63) is 24.0 Å². The molecule has 1 fully saturated rings. The van der Waals surface area contributed by atoms with Gasteiger partial charge >= 0.3 is 0 Å². The molecule has 0 aliphatic carbocycles. The van der Waals surface area contributed by atoms with Gasteiger partial charge in [0.25, 0.3) is 0 Å². The monoisotopic (exact) mass is 293 g/mol. The van der Waals surface area contributed by atoms with Gasteiger partial charge in [0.1, 0.15) is 5.82 Å². The predicted molar refractivity (Wildman–Crippen MR) is 83.0 cm³/mol. The van der Waals surface area contributed by atoms with Gasteiger partial charge in [0.15, 0.2) is 5.13 Å². The maximum absolute atomic E-state index is 13.1. The summed E-state index contributed by atoms with van der Waals surface area (Å²) < 4.78 is 14.2. The van der Waals surface area contributed by atoms with Crippen molar-refractivity contribution < 1.29 is 4.39 Å². The molecular formula is C15H20FN3S. The van der Waals surface area contributed by atoms with E-state index in [2.05, 4.69) is 22.1 Å². The van der Waals surface area contributed by atoms with Gasteiger partial charge in [0, 0.05) is 18.7 Å². The van der Waals surface area contributed by atoms with Gasteiger partial charge < -0.3 is 5.32 Å². The molecule has 0 radical (unpaired) electrons. The first-order valence-corrected chi connectivity index (χ1v) is 8.08. The van der Waals surface area contributed by atoms with Crippen molar-refractivity contribution in [1.29, 1.82) is 0 Å². The van der Waals surface area contributed by atoms with Crippen molar-refractivity contribution in [2.45, 2.75) is 32.2 Å². The van der Waals surface area contributed by atoms with E-state index in [0.29, 0.717) is 6.04 Å². The zero-order valence-electron chi connectivity index (χ0n) is 11.7. The molecule has 1 aromatic heterocycles. The molecule has 1 aliphatic rings. The van der Waals surface area contributed by atoms with E-state index in [1.165, 1.54) is 44.5 Å². The third kappa shape index (κ3) is 3.10. The lowest BCUT2D eigenvalue weighted by Crippen LogP contribution is -2.41. The lowest BCUT2D eigenvalue weighted by molar-refractivity contribution is 0.180. The van der Waals surface area contributed by atoms with Crippen LogP contribution in [0.15, 0.2) is 18.2 Å². The number of halogens is 1. The zero-order valence-corrected chi connectivity index (χ0v) is 12.5. The van der Waals surface area contributed by atoms with E-state index < -0.39 is 0 Å². The summed E-state index contributed by atoms with van der Waals surface area (Å²) in [6, 6.07) is 5.28. The molecule has 2 heterocycles. The van der Waals surface area contributed by atoms with Gasteiger partial charge in [0.05, 0.1) is 10.2 Å². The first-order valence-electron chi connectivity index (χ1n) is 7.26. The first-order chi connectivity index (χ1) is 9.72. The molecule has 1 aromatic carbocycles. The van der Waals surface area contributed by atoms with Crippen LogP contribution in [0.1, 0.15) is 26.2 Å². The summed E-state index contributed by atoms with van der Waals surface area (Å²) in [5.41, 5.74) is 0.739. The summed E-state index contributed by atoms with van der Waals surface area (Å²) in [6.45, 7) is 5.55. The number of hydrogen-bond donors (Lipinski definition) is 1. The molecule has 1 aliphatic heterocycles. The highest BCUT2D eigenvalue weighted by Crippen LogP contribution is 2.26. The minimum atomic E-state index is -0.226. The minimum absolute atomic E-state index is 0.226. The standard InChI is InChI=1S/C15H20FN3S/c1-11(19-7-3-2-4-8-19)10-17-15-18-13-9-12(16)5-6-14(13)20-15/h5-6,9,11H,2-4,7-8,10H2,1H3,(H,17,18). The van der Waals surface area contributed by atoms with Gasteiger partial charge in [-0.25, -0.2) is 9.37 Å². The van der Waals surface area contributed by atoms with E-state index in [1.807, 2.05) is 0 Å². The number of anilines is 1. The second-order valence-corrected chi connectivity index (χ2v) is 6.49. The molecule has 1 atom stereocenters. The van der Waals surface area contributed by atoms with Crippen LogP contribution < -0.4 is 5.32 Å². The van der Waals surface area contributed by atoms with Crippen molar-refractivity contribution in [3.8, 4) is 0 Å². The Morgan fingerprint density at radius 2 is 2.15 bits per heavy atom. The van der Waals surface area contributed by atoms with Crippen LogP contribution in [0.2, 0.25) is 0 Å². The van der Waals surface area contributed by atoms with Gasteiger partial charge in [-0.3, -0.25) is 4.90 Å². The molecule has 1 N–H and O–H groups in total. The Hall–Kier alpha value is -1.20. The topological polar surface area (TPSA) is 28.2 Å². The Balaban J connectivity index is 1.61. The van der Waals surface area contributed by atoms with Crippen LogP contribution in [0.25, 0.3) is 10.2 Å². The fourth-order valence-corrected chi connectivity index (χ4v) is 3.55. The van der Waals surface area contributed by atoms with Gasteiger partial charge in [-0.1, -0.05) is 17.8 Å². The van der Waals surface area contributed by atoms with Crippen LogP contribution in [0, 0.1) is 5.82 Å². The molecule has 0 saturated carbocycles. The second kappa shape index (κ2) is 6.06. The summed E-state index contributed by atoms with van der Waals surface area (Å²) in [5, 5.41) is 4.28. The van der Waals surface area contributed by atoms with Gasteiger partial charge in [-0.2, -0.15) is 0 Å². The number of fused-ring (bicyclic) bond motifs is 1. The summed E-state index contributed by atoms with van der Waals surface area (Å²) in [6.07, 6.45) is 3.98. The highest BCUT2D eigenvalue weighted by Gasteiger charge is 2.16. The fraction of sp³-hybridized carbons (Fsp3) is 0.533. The maximum atomic E-state index is 13.1. The number of thiazole rings is 1. The minimum Gasteiger partial charge on any atom is -0.360 e. The number of benzene rings is 1. The van der Waals surface area contributed by atoms with Crippen molar-refractivity contribution >= 4 is 26.7 Å². The Bertz CT molecular complexity index is 578. The molecular weight excluding hydrogens is 273 g/mol. The largest absolute Gasteiger partial charge is 0.360 e. The average molecular weight is 293 g/mol. The first kappa shape index (κ1) is 13.8. The van der Waals surface area contributed by atoms with Crippen LogP contribution in [-0.4, -0.2) is 35.6 Å². The van der Waals surface area contributed by atoms with Crippen molar-refractivity contribution in [3.63, 3.8) is 0 Å². The Labute approximate surface area is 122 Å². The zero-order chi connectivity index (χ0) is 13.9. The number of nitrogens with zero attached hydrogens (tertiary/aromatic N) is 2.